The number of nitrogens with zero attached hydrogens (tertiary/aromatic N) is 3. The molecule has 8 rings (SSSR count). The molecule has 3 nitrogen and oxygen atoms in total. The van der Waals surface area contributed by atoms with E-state index in [1.54, 1.807) is 6.20 Å². The summed E-state index contributed by atoms with van der Waals surface area (Å²) in [6.45, 7) is 0. The molecule has 41 heavy (non-hydrogen) atoms. The Balaban J connectivity index is 1.28. The molecule has 0 radical (unpaired) electrons. The van der Waals surface area contributed by atoms with Crippen LogP contribution in [-0.2, 0) is 0 Å². The van der Waals surface area contributed by atoms with Gasteiger partial charge in [0.15, 0.2) is 0 Å². The maximum absolute atomic E-state index is 5.07. The predicted octanol–water partition coefficient (Wildman–Crippen LogP) is 10.1. The third-order valence-corrected chi connectivity index (χ3v) is 7.87. The number of para-hydroxylation sites is 1. The first-order valence-corrected chi connectivity index (χ1v) is 13.8. The molecule has 0 spiro atoms. The van der Waals surface area contributed by atoms with Crippen molar-refractivity contribution in [3.05, 3.63) is 152 Å². The van der Waals surface area contributed by atoms with Gasteiger partial charge >= 0.3 is 0 Å². The van der Waals surface area contributed by atoms with E-state index in [0.717, 1.165) is 28.6 Å². The smallest absolute Gasteiger partial charge is 0.138 e. The van der Waals surface area contributed by atoms with Gasteiger partial charge in [-0.3, -0.25) is 9.88 Å². The number of hydrogen-bond acceptors (Lipinski definition) is 3. The molecule has 1 aliphatic carbocycles. The van der Waals surface area contributed by atoms with Gasteiger partial charge < -0.3 is 0 Å². The van der Waals surface area contributed by atoms with Gasteiger partial charge in [-0.1, -0.05) is 97.1 Å². The van der Waals surface area contributed by atoms with Crippen molar-refractivity contribution in [3.8, 4) is 44.8 Å². The van der Waals surface area contributed by atoms with Crippen LogP contribution in [0.3, 0.4) is 0 Å². The second-order valence-electron chi connectivity index (χ2n) is 10.3. The van der Waals surface area contributed by atoms with E-state index < -0.39 is 0 Å². The molecular formula is C38H25N3. The van der Waals surface area contributed by atoms with Crippen LogP contribution in [0.1, 0.15) is 0 Å². The van der Waals surface area contributed by atoms with Gasteiger partial charge in [0.25, 0.3) is 0 Å². The first-order valence-electron chi connectivity index (χ1n) is 13.8. The number of pyridine rings is 2. The lowest BCUT2D eigenvalue weighted by Crippen LogP contribution is -2.12. The summed E-state index contributed by atoms with van der Waals surface area (Å²) in [6.07, 6.45) is 1.80. The summed E-state index contributed by atoms with van der Waals surface area (Å²) in [5.41, 5.74) is 11.4. The summed E-state index contributed by atoms with van der Waals surface area (Å²) < 4.78 is 0. The van der Waals surface area contributed by atoms with Gasteiger partial charge in [0, 0.05) is 17.6 Å². The number of rotatable bonds is 5. The van der Waals surface area contributed by atoms with Crippen molar-refractivity contribution in [2.45, 2.75) is 0 Å². The minimum absolute atomic E-state index is 0.840. The van der Waals surface area contributed by atoms with Crippen LogP contribution in [0.2, 0.25) is 0 Å². The van der Waals surface area contributed by atoms with Crippen molar-refractivity contribution in [1.29, 1.82) is 0 Å². The highest BCUT2D eigenvalue weighted by Crippen LogP contribution is 2.49. The number of hydrogen-bond donors (Lipinski definition) is 0. The summed E-state index contributed by atoms with van der Waals surface area (Å²) >= 11 is 0. The molecule has 0 saturated carbocycles. The molecule has 0 atom stereocenters. The molecule has 2 aromatic heterocycles. The molecule has 0 N–H and O–H groups in total. The van der Waals surface area contributed by atoms with Crippen molar-refractivity contribution in [2.75, 3.05) is 4.90 Å². The monoisotopic (exact) mass is 523 g/mol. The fourth-order valence-electron chi connectivity index (χ4n) is 6.07. The Hall–Kier alpha value is -5.54. The zero-order chi connectivity index (χ0) is 27.2. The third kappa shape index (κ3) is 3.90. The highest BCUT2D eigenvalue weighted by atomic mass is 15.2. The maximum Gasteiger partial charge on any atom is 0.138 e. The van der Waals surface area contributed by atoms with Crippen molar-refractivity contribution < 1.29 is 0 Å². The van der Waals surface area contributed by atoms with Crippen LogP contribution in [0.15, 0.2) is 152 Å². The Morgan fingerprint density at radius 2 is 1.10 bits per heavy atom. The van der Waals surface area contributed by atoms with E-state index in [2.05, 4.69) is 119 Å². The quantitative estimate of drug-likeness (QED) is 0.225. The first-order chi connectivity index (χ1) is 20.3. The van der Waals surface area contributed by atoms with E-state index in [9.17, 15) is 0 Å². The highest BCUT2D eigenvalue weighted by Gasteiger charge is 2.22. The fourth-order valence-corrected chi connectivity index (χ4v) is 6.07. The summed E-state index contributed by atoms with van der Waals surface area (Å²) in [4.78, 5) is 11.8. The second-order valence-corrected chi connectivity index (χ2v) is 10.3. The molecule has 5 aromatic carbocycles. The maximum atomic E-state index is 5.07. The van der Waals surface area contributed by atoms with Crippen molar-refractivity contribution in [2.24, 2.45) is 0 Å². The topological polar surface area (TPSA) is 29.0 Å². The van der Waals surface area contributed by atoms with E-state index >= 15 is 0 Å². The molecular weight excluding hydrogens is 498 g/mol. The van der Waals surface area contributed by atoms with Crippen LogP contribution < -0.4 is 4.90 Å². The molecule has 1 aliphatic rings. The lowest BCUT2D eigenvalue weighted by molar-refractivity contribution is 1.17. The standard InChI is InChI=1S/C38H25N3/c1-2-12-27(13-3-1)41(37-21-10-20-36(40-37)35-19-6-7-24-39-35)28-14-8-11-26(25-28)29-22-23-34-31-16-5-4-15-30(31)33-18-9-17-32(29)38(33)34/h1-25H. The Kier molecular flexibility index (Phi) is 5.46. The molecule has 0 saturated heterocycles. The van der Waals surface area contributed by atoms with Crippen molar-refractivity contribution in [1.82, 2.24) is 9.97 Å². The average Bonchev–Trinajstić information content (AvgIpc) is 3.38. The zero-order valence-corrected chi connectivity index (χ0v) is 22.3. The molecule has 0 aliphatic heterocycles. The van der Waals surface area contributed by atoms with E-state index in [4.69, 9.17) is 4.98 Å². The zero-order valence-electron chi connectivity index (χ0n) is 22.3. The fraction of sp³-hybridized carbons (Fsp3) is 0. The van der Waals surface area contributed by atoms with Crippen molar-refractivity contribution in [3.63, 3.8) is 0 Å². The summed E-state index contributed by atoms with van der Waals surface area (Å²) in [5, 5.41) is 2.61. The van der Waals surface area contributed by atoms with Gasteiger partial charge in [-0.25, -0.2) is 4.98 Å². The van der Waals surface area contributed by atoms with E-state index in [0.29, 0.717) is 0 Å². The van der Waals surface area contributed by atoms with E-state index in [-0.39, 0.29) is 0 Å². The van der Waals surface area contributed by atoms with Gasteiger partial charge in [-0.15, -0.1) is 0 Å². The average molecular weight is 524 g/mol. The van der Waals surface area contributed by atoms with Crippen LogP contribution >= 0.6 is 0 Å². The molecule has 0 bridgehead atoms. The van der Waals surface area contributed by atoms with Gasteiger partial charge in [-0.2, -0.15) is 0 Å². The Labute approximate surface area is 239 Å². The molecule has 2 heterocycles. The lowest BCUT2D eigenvalue weighted by atomic mass is 9.94. The molecule has 7 aromatic rings. The van der Waals surface area contributed by atoms with Crippen LogP contribution in [0.5, 0.6) is 0 Å². The van der Waals surface area contributed by atoms with Crippen molar-refractivity contribution >= 4 is 28.0 Å². The summed E-state index contributed by atoms with van der Waals surface area (Å²) in [5.74, 6) is 0.840. The van der Waals surface area contributed by atoms with Crippen LogP contribution in [-0.4, -0.2) is 9.97 Å². The van der Waals surface area contributed by atoms with Gasteiger partial charge in [0.1, 0.15) is 5.82 Å². The minimum Gasteiger partial charge on any atom is -0.295 e. The van der Waals surface area contributed by atoms with Crippen LogP contribution in [0.25, 0.3) is 55.5 Å². The van der Waals surface area contributed by atoms with E-state index in [1.165, 1.54) is 44.2 Å². The van der Waals surface area contributed by atoms with Gasteiger partial charge in [0.05, 0.1) is 11.4 Å². The second kappa shape index (κ2) is 9.58. The largest absolute Gasteiger partial charge is 0.295 e. The van der Waals surface area contributed by atoms with Gasteiger partial charge in [0.2, 0.25) is 0 Å². The molecule has 0 unspecified atom stereocenters. The Bertz CT molecular complexity index is 2020. The normalized spacial score (nSPS) is 11.4. The highest BCUT2D eigenvalue weighted by molar-refractivity contribution is 6.18. The molecule has 0 fully saturated rings. The van der Waals surface area contributed by atoms with E-state index in [1.807, 2.05) is 36.4 Å². The summed E-state index contributed by atoms with van der Waals surface area (Å²) in [7, 11) is 0. The number of aromatic nitrogens is 2. The number of anilines is 3. The predicted molar refractivity (Wildman–Crippen MR) is 170 cm³/mol. The number of fused-ring (bicyclic) bond motifs is 3. The van der Waals surface area contributed by atoms with Crippen LogP contribution in [0.4, 0.5) is 17.2 Å². The molecule has 3 heteroatoms. The Morgan fingerprint density at radius 3 is 1.93 bits per heavy atom. The third-order valence-electron chi connectivity index (χ3n) is 7.87. The molecule has 192 valence electrons. The Morgan fingerprint density at radius 1 is 0.439 bits per heavy atom. The van der Waals surface area contributed by atoms with Crippen LogP contribution in [0, 0.1) is 0 Å². The SMILES string of the molecule is c1ccc(N(c2cccc(-c3ccc4c5c(cccc35)-c3ccccc3-4)c2)c2cccc(-c3ccccn3)n2)cc1. The first kappa shape index (κ1) is 23.4. The number of benzene rings is 5. The lowest BCUT2D eigenvalue weighted by Gasteiger charge is -2.25. The van der Waals surface area contributed by atoms with Gasteiger partial charge in [-0.05, 0) is 92.7 Å². The minimum atomic E-state index is 0.840. The molecule has 0 amide bonds. The summed E-state index contributed by atoms with van der Waals surface area (Å²) in [6, 6.07) is 51.2.